The molecule has 2 rings (SSSR count). The van der Waals surface area contributed by atoms with Crippen LogP contribution in [0.1, 0.15) is 0 Å². The van der Waals surface area contributed by atoms with Gasteiger partial charge >= 0.3 is 6.03 Å². The van der Waals surface area contributed by atoms with E-state index in [1.807, 2.05) is 0 Å². The summed E-state index contributed by atoms with van der Waals surface area (Å²) in [7, 11) is 0. The molecule has 0 saturated carbocycles. The maximum atomic E-state index is 11.7. The van der Waals surface area contributed by atoms with Crippen LogP contribution < -0.4 is 5.32 Å². The summed E-state index contributed by atoms with van der Waals surface area (Å²) < 4.78 is 0. The van der Waals surface area contributed by atoms with Crippen LogP contribution in [0.3, 0.4) is 0 Å². The third-order valence-corrected chi connectivity index (χ3v) is 3.17. The molecule has 0 unspecified atom stereocenters. The minimum atomic E-state index is -0.564. The number of nitrogens with one attached hydrogen (secondary N) is 1. The Bertz CT molecular complexity index is 520. The number of non-ortho nitro benzene ring substituents is 1. The first-order valence-electron chi connectivity index (χ1n) is 5.07. The number of hydrogen-bond donors (Lipinski definition) is 1. The Hall–Kier alpha value is -2.09. The standard InChI is InChI=1S/C10H9N3O4S/c14-9(12-4-5-18-10(12)15)11-7-2-1-3-8(6-7)13(16)17/h1-3,6H,4-5H2,(H,11,14). The summed E-state index contributed by atoms with van der Waals surface area (Å²) in [6, 6.07) is 5.00. The van der Waals surface area contributed by atoms with E-state index < -0.39 is 11.0 Å². The Balaban J connectivity index is 2.09. The Morgan fingerprint density at radius 1 is 1.50 bits per heavy atom. The molecule has 1 fully saturated rings. The lowest BCUT2D eigenvalue weighted by Crippen LogP contribution is -2.34. The molecule has 1 N–H and O–H groups in total. The van der Waals surface area contributed by atoms with Crippen molar-refractivity contribution < 1.29 is 14.5 Å². The van der Waals surface area contributed by atoms with Gasteiger partial charge in [-0.15, -0.1) is 0 Å². The first-order chi connectivity index (χ1) is 8.58. The molecular weight excluding hydrogens is 258 g/mol. The summed E-state index contributed by atoms with van der Waals surface area (Å²) in [4.78, 5) is 34.1. The van der Waals surface area contributed by atoms with Gasteiger partial charge in [-0.2, -0.15) is 0 Å². The molecule has 0 atom stereocenters. The van der Waals surface area contributed by atoms with E-state index in [0.717, 1.165) is 16.7 Å². The topological polar surface area (TPSA) is 92.5 Å². The summed E-state index contributed by atoms with van der Waals surface area (Å²) in [5.41, 5.74) is 0.175. The number of rotatable bonds is 2. The van der Waals surface area contributed by atoms with E-state index >= 15 is 0 Å². The zero-order chi connectivity index (χ0) is 13.1. The SMILES string of the molecule is O=C(Nc1cccc([N+](=O)[O-])c1)N1CCSC1=O. The molecule has 1 heterocycles. The number of urea groups is 1. The summed E-state index contributed by atoms with van der Waals surface area (Å²) >= 11 is 1.07. The van der Waals surface area contributed by atoms with Crippen molar-refractivity contribution in [2.45, 2.75) is 0 Å². The van der Waals surface area contributed by atoms with E-state index in [1.54, 1.807) is 0 Å². The number of carbonyl (C=O) groups is 2. The second-order valence-electron chi connectivity index (χ2n) is 3.50. The average Bonchev–Trinajstić information content (AvgIpc) is 2.76. The molecule has 94 valence electrons. The second-order valence-corrected chi connectivity index (χ2v) is 4.55. The Morgan fingerprint density at radius 2 is 2.28 bits per heavy atom. The van der Waals surface area contributed by atoms with E-state index in [1.165, 1.54) is 24.3 Å². The van der Waals surface area contributed by atoms with E-state index in [9.17, 15) is 19.7 Å². The monoisotopic (exact) mass is 267 g/mol. The molecule has 3 amide bonds. The van der Waals surface area contributed by atoms with Crippen molar-refractivity contribution in [2.75, 3.05) is 17.6 Å². The average molecular weight is 267 g/mol. The van der Waals surface area contributed by atoms with Gasteiger partial charge in [-0.25, -0.2) is 4.79 Å². The molecule has 1 aromatic rings. The van der Waals surface area contributed by atoms with Crippen molar-refractivity contribution in [3.05, 3.63) is 34.4 Å². The number of hydrogen-bond acceptors (Lipinski definition) is 5. The van der Waals surface area contributed by atoms with Gasteiger partial charge in [-0.1, -0.05) is 17.8 Å². The molecule has 7 nitrogen and oxygen atoms in total. The third kappa shape index (κ3) is 2.59. The highest BCUT2D eigenvalue weighted by Gasteiger charge is 2.27. The van der Waals surface area contributed by atoms with E-state index in [0.29, 0.717) is 18.0 Å². The molecule has 0 radical (unpaired) electrons. The smallest absolute Gasteiger partial charge is 0.307 e. The normalized spacial score (nSPS) is 14.7. The molecule has 8 heteroatoms. The van der Waals surface area contributed by atoms with Crippen molar-refractivity contribution in [1.29, 1.82) is 0 Å². The summed E-state index contributed by atoms with van der Waals surface area (Å²) in [5, 5.41) is 12.7. The highest BCUT2D eigenvalue weighted by Crippen LogP contribution is 2.20. The van der Waals surface area contributed by atoms with Gasteiger partial charge < -0.3 is 5.32 Å². The first-order valence-corrected chi connectivity index (χ1v) is 6.06. The number of nitro benzene ring substituents is 1. The van der Waals surface area contributed by atoms with Crippen molar-refractivity contribution in [3.8, 4) is 0 Å². The first kappa shape index (κ1) is 12.4. The van der Waals surface area contributed by atoms with Crippen LogP contribution in [0.2, 0.25) is 0 Å². The zero-order valence-corrected chi connectivity index (χ0v) is 9.98. The fraction of sp³-hybridized carbons (Fsp3) is 0.200. The van der Waals surface area contributed by atoms with Crippen LogP contribution in [-0.2, 0) is 0 Å². The number of amides is 3. The van der Waals surface area contributed by atoms with Crippen LogP contribution in [0, 0.1) is 10.1 Å². The zero-order valence-electron chi connectivity index (χ0n) is 9.16. The van der Waals surface area contributed by atoms with Gasteiger partial charge in [-0.05, 0) is 6.07 Å². The number of imide groups is 1. The molecule has 0 spiro atoms. The number of thioether (sulfide) groups is 1. The van der Waals surface area contributed by atoms with Crippen LogP contribution in [-0.4, -0.2) is 33.4 Å². The number of anilines is 1. The van der Waals surface area contributed by atoms with Gasteiger partial charge in [0.1, 0.15) is 0 Å². The Labute approximate surface area is 106 Å². The molecule has 18 heavy (non-hydrogen) atoms. The molecule has 1 saturated heterocycles. The summed E-state index contributed by atoms with van der Waals surface area (Å²) in [6.07, 6.45) is 0. The maximum absolute atomic E-state index is 11.7. The lowest BCUT2D eigenvalue weighted by Gasteiger charge is -2.13. The number of carbonyl (C=O) groups excluding carboxylic acids is 2. The number of nitrogens with zero attached hydrogens (tertiary/aromatic N) is 2. The molecule has 0 bridgehead atoms. The minimum Gasteiger partial charge on any atom is -0.307 e. The lowest BCUT2D eigenvalue weighted by atomic mass is 10.3. The predicted octanol–water partition coefficient (Wildman–Crippen LogP) is 2.30. The van der Waals surface area contributed by atoms with Gasteiger partial charge in [0.05, 0.1) is 4.92 Å². The third-order valence-electron chi connectivity index (χ3n) is 2.31. The van der Waals surface area contributed by atoms with Crippen LogP contribution >= 0.6 is 11.8 Å². The van der Waals surface area contributed by atoms with E-state index in [4.69, 9.17) is 0 Å². The van der Waals surface area contributed by atoms with Crippen LogP contribution in [0.4, 0.5) is 21.0 Å². The summed E-state index contributed by atoms with van der Waals surface area (Å²) in [5.74, 6) is 0.571. The lowest BCUT2D eigenvalue weighted by molar-refractivity contribution is -0.384. The van der Waals surface area contributed by atoms with Gasteiger partial charge in [0.2, 0.25) is 0 Å². The van der Waals surface area contributed by atoms with E-state index in [-0.39, 0.29) is 10.9 Å². The van der Waals surface area contributed by atoms with E-state index in [2.05, 4.69) is 5.32 Å². The molecular formula is C10H9N3O4S. The molecule has 0 aromatic heterocycles. The van der Waals surface area contributed by atoms with Crippen LogP contribution in [0.25, 0.3) is 0 Å². The molecule has 0 aliphatic carbocycles. The Kier molecular flexibility index (Phi) is 3.47. The number of benzene rings is 1. The van der Waals surface area contributed by atoms with Crippen molar-refractivity contribution in [2.24, 2.45) is 0 Å². The van der Waals surface area contributed by atoms with Gasteiger partial charge in [0.15, 0.2) is 0 Å². The van der Waals surface area contributed by atoms with Crippen molar-refractivity contribution in [3.63, 3.8) is 0 Å². The van der Waals surface area contributed by atoms with Gasteiger partial charge in [0, 0.05) is 30.1 Å². The highest BCUT2D eigenvalue weighted by molar-refractivity contribution is 8.13. The molecule has 1 aliphatic heterocycles. The fourth-order valence-electron chi connectivity index (χ4n) is 1.47. The molecule has 1 aromatic carbocycles. The minimum absolute atomic E-state index is 0.116. The Morgan fingerprint density at radius 3 is 2.89 bits per heavy atom. The highest BCUT2D eigenvalue weighted by atomic mass is 32.2. The second kappa shape index (κ2) is 5.05. The molecule has 1 aliphatic rings. The quantitative estimate of drug-likeness (QED) is 0.655. The number of nitro groups is 1. The van der Waals surface area contributed by atoms with Gasteiger partial charge in [-0.3, -0.25) is 19.8 Å². The van der Waals surface area contributed by atoms with Crippen molar-refractivity contribution >= 4 is 34.4 Å². The van der Waals surface area contributed by atoms with Crippen LogP contribution in [0.15, 0.2) is 24.3 Å². The predicted molar refractivity (Wildman–Crippen MR) is 66.7 cm³/mol. The largest absolute Gasteiger partial charge is 0.329 e. The fourth-order valence-corrected chi connectivity index (χ4v) is 2.24. The van der Waals surface area contributed by atoms with Gasteiger partial charge in [0.25, 0.3) is 10.9 Å². The van der Waals surface area contributed by atoms with Crippen LogP contribution in [0.5, 0.6) is 0 Å². The maximum Gasteiger partial charge on any atom is 0.329 e. The van der Waals surface area contributed by atoms with Crippen molar-refractivity contribution in [1.82, 2.24) is 4.90 Å². The summed E-state index contributed by atoms with van der Waals surface area (Å²) in [6.45, 7) is 0.351.